The second kappa shape index (κ2) is 9.56. The molecule has 0 saturated carbocycles. The number of ether oxygens (including phenoxy) is 3. The van der Waals surface area contributed by atoms with Gasteiger partial charge in [0.2, 0.25) is 0 Å². The van der Waals surface area contributed by atoms with Crippen molar-refractivity contribution >= 4 is 6.03 Å². The van der Waals surface area contributed by atoms with E-state index in [2.05, 4.69) is 5.32 Å². The smallest absolute Gasteiger partial charge is 0.317 e. The van der Waals surface area contributed by atoms with E-state index in [1.165, 1.54) is 0 Å². The van der Waals surface area contributed by atoms with E-state index < -0.39 is 0 Å². The van der Waals surface area contributed by atoms with Crippen LogP contribution >= 0.6 is 0 Å². The number of nitrogens with zero attached hydrogens (tertiary/aromatic N) is 1. The maximum atomic E-state index is 12.2. The van der Waals surface area contributed by atoms with Gasteiger partial charge in [-0.2, -0.15) is 0 Å². The normalized spacial score (nSPS) is 10.2. The topological polar surface area (TPSA) is 60.0 Å². The van der Waals surface area contributed by atoms with Crippen LogP contribution in [0.1, 0.15) is 11.1 Å². The highest BCUT2D eigenvalue weighted by atomic mass is 16.5. The van der Waals surface area contributed by atoms with Gasteiger partial charge < -0.3 is 24.4 Å². The fraction of sp³-hybridized carbons (Fsp3) is 0.350. The number of nitrogens with one attached hydrogen (secondary N) is 1. The van der Waals surface area contributed by atoms with Crippen molar-refractivity contribution in [2.75, 3.05) is 34.4 Å². The highest BCUT2D eigenvalue weighted by Gasteiger charge is 2.10. The van der Waals surface area contributed by atoms with Crippen molar-refractivity contribution in [1.29, 1.82) is 0 Å². The number of carbonyl (C=O) groups excluding carboxylic acids is 1. The molecule has 26 heavy (non-hydrogen) atoms. The van der Waals surface area contributed by atoms with E-state index in [1.54, 1.807) is 26.2 Å². The van der Waals surface area contributed by atoms with E-state index in [1.807, 2.05) is 49.4 Å². The highest BCUT2D eigenvalue weighted by molar-refractivity contribution is 5.73. The number of urea groups is 1. The van der Waals surface area contributed by atoms with Crippen LogP contribution in [0.5, 0.6) is 17.2 Å². The predicted octanol–water partition coefficient (Wildman–Crippen LogP) is 3.23. The van der Waals surface area contributed by atoms with Gasteiger partial charge >= 0.3 is 6.03 Å². The lowest BCUT2D eigenvalue weighted by molar-refractivity contribution is 0.195. The van der Waals surface area contributed by atoms with Crippen LogP contribution in [0.25, 0.3) is 0 Å². The molecule has 0 bridgehead atoms. The number of aryl methyl sites for hydroxylation is 1. The highest BCUT2D eigenvalue weighted by Crippen LogP contribution is 2.27. The lowest BCUT2D eigenvalue weighted by atomic mass is 10.2. The minimum absolute atomic E-state index is 0.159. The van der Waals surface area contributed by atoms with Gasteiger partial charge in [-0.1, -0.05) is 24.3 Å². The van der Waals surface area contributed by atoms with Crippen LogP contribution in [-0.4, -0.2) is 45.3 Å². The minimum atomic E-state index is -0.159. The number of para-hydroxylation sites is 1. The largest absolute Gasteiger partial charge is 0.493 e. The molecular weight excluding hydrogens is 332 g/mol. The SMILES string of the molecule is COc1ccc(CNC(=O)N(C)CCOc2ccccc2C)cc1OC. The molecule has 2 amide bonds. The number of hydrogen-bond donors (Lipinski definition) is 1. The summed E-state index contributed by atoms with van der Waals surface area (Å²) in [6.45, 7) is 3.33. The van der Waals surface area contributed by atoms with Crippen molar-refractivity contribution in [3.05, 3.63) is 53.6 Å². The number of amides is 2. The maximum absolute atomic E-state index is 12.2. The molecule has 6 nitrogen and oxygen atoms in total. The predicted molar refractivity (Wildman–Crippen MR) is 101 cm³/mol. The fourth-order valence-electron chi connectivity index (χ4n) is 2.42. The number of carbonyl (C=O) groups is 1. The average Bonchev–Trinajstić information content (AvgIpc) is 2.67. The molecule has 2 aromatic rings. The first-order valence-corrected chi connectivity index (χ1v) is 8.43. The molecule has 0 spiro atoms. The Balaban J connectivity index is 1.79. The van der Waals surface area contributed by atoms with E-state index in [-0.39, 0.29) is 6.03 Å². The van der Waals surface area contributed by atoms with E-state index in [0.717, 1.165) is 16.9 Å². The molecule has 0 heterocycles. The summed E-state index contributed by atoms with van der Waals surface area (Å²) in [4.78, 5) is 13.8. The second-order valence-electron chi connectivity index (χ2n) is 5.88. The summed E-state index contributed by atoms with van der Waals surface area (Å²) in [6, 6.07) is 13.2. The first kappa shape index (κ1) is 19.4. The van der Waals surface area contributed by atoms with Gasteiger partial charge in [0.25, 0.3) is 0 Å². The van der Waals surface area contributed by atoms with Crippen molar-refractivity contribution in [2.24, 2.45) is 0 Å². The van der Waals surface area contributed by atoms with E-state index in [9.17, 15) is 4.79 Å². The Labute approximate surface area is 154 Å². The first-order valence-electron chi connectivity index (χ1n) is 8.43. The summed E-state index contributed by atoms with van der Waals surface area (Å²) in [5, 5.41) is 2.88. The lowest BCUT2D eigenvalue weighted by Gasteiger charge is -2.19. The molecule has 0 aromatic heterocycles. The lowest BCUT2D eigenvalue weighted by Crippen LogP contribution is -2.39. The van der Waals surface area contributed by atoms with Gasteiger partial charge in [-0.25, -0.2) is 4.79 Å². The van der Waals surface area contributed by atoms with Gasteiger partial charge in [0.1, 0.15) is 12.4 Å². The fourth-order valence-corrected chi connectivity index (χ4v) is 2.42. The Kier molecular flexibility index (Phi) is 7.14. The van der Waals surface area contributed by atoms with Crippen molar-refractivity contribution in [3.63, 3.8) is 0 Å². The molecule has 0 unspecified atom stereocenters. The zero-order valence-corrected chi connectivity index (χ0v) is 15.7. The Hall–Kier alpha value is -2.89. The molecule has 1 N–H and O–H groups in total. The molecule has 0 aliphatic heterocycles. The standard InChI is InChI=1S/C20H26N2O4/c1-15-7-5-6-8-17(15)26-12-11-22(2)20(23)21-14-16-9-10-18(24-3)19(13-16)25-4/h5-10,13H,11-12,14H2,1-4H3,(H,21,23). The molecule has 140 valence electrons. The Morgan fingerprint density at radius 1 is 1.04 bits per heavy atom. The van der Waals surface area contributed by atoms with Gasteiger partial charge in [-0.3, -0.25) is 0 Å². The molecule has 2 rings (SSSR count). The maximum Gasteiger partial charge on any atom is 0.317 e. The molecule has 0 atom stereocenters. The molecule has 0 radical (unpaired) electrons. The Morgan fingerprint density at radius 3 is 2.46 bits per heavy atom. The monoisotopic (exact) mass is 358 g/mol. The van der Waals surface area contributed by atoms with Crippen LogP contribution < -0.4 is 19.5 Å². The number of methoxy groups -OCH3 is 2. The van der Waals surface area contributed by atoms with E-state index >= 15 is 0 Å². The number of hydrogen-bond acceptors (Lipinski definition) is 4. The van der Waals surface area contributed by atoms with Crippen molar-refractivity contribution < 1.29 is 19.0 Å². The second-order valence-corrected chi connectivity index (χ2v) is 5.88. The number of benzene rings is 2. The quantitative estimate of drug-likeness (QED) is 0.787. The molecular formula is C20H26N2O4. The average molecular weight is 358 g/mol. The van der Waals surface area contributed by atoms with Crippen molar-refractivity contribution in [2.45, 2.75) is 13.5 Å². The zero-order valence-electron chi connectivity index (χ0n) is 15.7. The zero-order chi connectivity index (χ0) is 18.9. The summed E-state index contributed by atoms with van der Waals surface area (Å²) < 4.78 is 16.2. The van der Waals surface area contributed by atoms with Crippen LogP contribution in [0, 0.1) is 6.92 Å². The summed E-state index contributed by atoms with van der Waals surface area (Å²) >= 11 is 0. The van der Waals surface area contributed by atoms with Gasteiger partial charge in [0.05, 0.1) is 20.8 Å². The number of rotatable bonds is 8. The third-order valence-corrected chi connectivity index (χ3v) is 4.02. The van der Waals surface area contributed by atoms with E-state index in [0.29, 0.717) is 31.2 Å². The molecule has 0 aliphatic rings. The van der Waals surface area contributed by atoms with Gasteiger partial charge in [-0.05, 0) is 36.2 Å². The summed E-state index contributed by atoms with van der Waals surface area (Å²) in [5.41, 5.74) is 2.01. The molecule has 0 saturated heterocycles. The van der Waals surface area contributed by atoms with Crippen LogP contribution in [0.3, 0.4) is 0 Å². The van der Waals surface area contributed by atoms with Crippen molar-refractivity contribution in [3.8, 4) is 17.2 Å². The summed E-state index contributed by atoms with van der Waals surface area (Å²) in [7, 11) is 4.92. The summed E-state index contributed by atoms with van der Waals surface area (Å²) in [5.74, 6) is 2.14. The first-order chi connectivity index (χ1) is 12.5. The molecule has 2 aromatic carbocycles. The van der Waals surface area contributed by atoms with Crippen molar-refractivity contribution in [1.82, 2.24) is 10.2 Å². The Morgan fingerprint density at radius 2 is 1.77 bits per heavy atom. The summed E-state index contributed by atoms with van der Waals surface area (Å²) in [6.07, 6.45) is 0. The van der Waals surface area contributed by atoms with Gasteiger partial charge in [0.15, 0.2) is 11.5 Å². The molecule has 6 heteroatoms. The van der Waals surface area contributed by atoms with Gasteiger partial charge in [-0.15, -0.1) is 0 Å². The van der Waals surface area contributed by atoms with Gasteiger partial charge in [0, 0.05) is 13.6 Å². The van der Waals surface area contributed by atoms with Crippen LogP contribution in [0.4, 0.5) is 4.79 Å². The third kappa shape index (κ3) is 5.31. The van der Waals surface area contributed by atoms with Crippen LogP contribution in [0.15, 0.2) is 42.5 Å². The minimum Gasteiger partial charge on any atom is -0.493 e. The molecule has 0 aliphatic carbocycles. The Bertz CT molecular complexity index is 734. The van der Waals surface area contributed by atoms with Crippen LogP contribution in [0.2, 0.25) is 0 Å². The number of likely N-dealkylation sites (N-methyl/N-ethyl adjacent to an activating group) is 1. The van der Waals surface area contributed by atoms with E-state index in [4.69, 9.17) is 14.2 Å². The third-order valence-electron chi connectivity index (χ3n) is 4.02. The van der Waals surface area contributed by atoms with Crippen LogP contribution in [-0.2, 0) is 6.54 Å². The molecule has 0 fully saturated rings.